The number of esters is 1. The van der Waals surface area contributed by atoms with Crippen LogP contribution in [0.4, 0.5) is 8.78 Å². The molecule has 0 aliphatic rings. The molecule has 1 aromatic rings. The maximum absolute atomic E-state index is 13.5. The van der Waals surface area contributed by atoms with Crippen LogP contribution < -0.4 is 4.74 Å². The molecule has 0 heterocycles. The molecule has 0 fully saturated rings. The number of ether oxygens (including phenoxy) is 2. The number of hydrogen-bond donors (Lipinski definition) is 0. The molecule has 5 heteroatoms. The molecule has 0 amide bonds. The molecular formula is C12H14F2O3. The van der Waals surface area contributed by atoms with Crippen molar-refractivity contribution in [2.24, 2.45) is 0 Å². The van der Waals surface area contributed by atoms with Crippen molar-refractivity contribution in [2.45, 2.75) is 19.8 Å². The number of methoxy groups -OCH3 is 1. The molecule has 1 aromatic carbocycles. The first-order valence-corrected chi connectivity index (χ1v) is 5.26. The Kier molecular flexibility index (Phi) is 4.87. The molecule has 0 radical (unpaired) electrons. The Balaban J connectivity index is 2.74. The van der Waals surface area contributed by atoms with E-state index in [-0.39, 0.29) is 30.8 Å². The van der Waals surface area contributed by atoms with Gasteiger partial charge < -0.3 is 9.47 Å². The summed E-state index contributed by atoms with van der Waals surface area (Å²) in [4.78, 5) is 11.1. The summed E-state index contributed by atoms with van der Waals surface area (Å²) >= 11 is 0. The van der Waals surface area contributed by atoms with E-state index in [0.29, 0.717) is 0 Å². The van der Waals surface area contributed by atoms with Crippen LogP contribution in [0.3, 0.4) is 0 Å². The van der Waals surface area contributed by atoms with Gasteiger partial charge in [-0.05, 0) is 13.3 Å². The highest BCUT2D eigenvalue weighted by molar-refractivity contribution is 5.69. The largest absolute Gasteiger partial charge is 0.497 e. The van der Waals surface area contributed by atoms with E-state index < -0.39 is 17.6 Å². The molecular weight excluding hydrogens is 230 g/mol. The number of carbonyl (C=O) groups excluding carboxylic acids is 1. The number of halogens is 2. The van der Waals surface area contributed by atoms with Crippen LogP contribution in [0.15, 0.2) is 12.1 Å². The van der Waals surface area contributed by atoms with Crippen LogP contribution in [0.25, 0.3) is 0 Å². The van der Waals surface area contributed by atoms with Gasteiger partial charge in [0.1, 0.15) is 17.4 Å². The van der Waals surface area contributed by atoms with Crippen LogP contribution in [-0.2, 0) is 16.0 Å². The second-order valence-corrected chi connectivity index (χ2v) is 3.37. The number of benzene rings is 1. The molecule has 17 heavy (non-hydrogen) atoms. The molecule has 94 valence electrons. The first-order valence-electron chi connectivity index (χ1n) is 5.26. The molecule has 3 nitrogen and oxygen atoms in total. The van der Waals surface area contributed by atoms with Crippen molar-refractivity contribution >= 4 is 5.97 Å². The minimum absolute atomic E-state index is 0.0273. The van der Waals surface area contributed by atoms with Crippen LogP contribution in [-0.4, -0.2) is 19.7 Å². The minimum Gasteiger partial charge on any atom is -0.497 e. The van der Waals surface area contributed by atoms with Crippen LogP contribution >= 0.6 is 0 Å². The summed E-state index contributed by atoms with van der Waals surface area (Å²) in [5.41, 5.74) is -0.126. The van der Waals surface area contributed by atoms with E-state index in [1.165, 1.54) is 7.11 Å². The highest BCUT2D eigenvalue weighted by Gasteiger charge is 2.13. The summed E-state index contributed by atoms with van der Waals surface area (Å²) in [6.07, 6.45) is -0.0749. The smallest absolute Gasteiger partial charge is 0.306 e. The summed E-state index contributed by atoms with van der Waals surface area (Å²) in [5.74, 6) is -1.79. The molecule has 1 rings (SSSR count). The average molecular weight is 244 g/mol. The van der Waals surface area contributed by atoms with Gasteiger partial charge in [0, 0.05) is 24.1 Å². The Morgan fingerprint density at radius 3 is 2.35 bits per heavy atom. The topological polar surface area (TPSA) is 35.5 Å². The molecule has 0 aromatic heterocycles. The Labute approximate surface area is 98.3 Å². The number of carbonyl (C=O) groups is 1. The van der Waals surface area contributed by atoms with E-state index in [1.54, 1.807) is 6.92 Å². The van der Waals surface area contributed by atoms with Crippen molar-refractivity contribution in [3.63, 3.8) is 0 Å². The van der Waals surface area contributed by atoms with Gasteiger partial charge in [0.2, 0.25) is 0 Å². The Bertz CT molecular complexity index is 382. The van der Waals surface area contributed by atoms with E-state index in [4.69, 9.17) is 4.74 Å². The van der Waals surface area contributed by atoms with Crippen LogP contribution in [0.2, 0.25) is 0 Å². The van der Waals surface area contributed by atoms with Crippen molar-refractivity contribution in [3.05, 3.63) is 29.3 Å². The van der Waals surface area contributed by atoms with Crippen molar-refractivity contribution in [3.8, 4) is 5.75 Å². The fourth-order valence-electron chi connectivity index (χ4n) is 1.40. The molecule has 0 saturated heterocycles. The quantitative estimate of drug-likeness (QED) is 0.746. The van der Waals surface area contributed by atoms with Crippen molar-refractivity contribution in [2.75, 3.05) is 13.7 Å². The fraction of sp³-hybridized carbons (Fsp3) is 0.417. The lowest BCUT2D eigenvalue weighted by Gasteiger charge is -2.07. The fourth-order valence-corrected chi connectivity index (χ4v) is 1.40. The lowest BCUT2D eigenvalue weighted by atomic mass is 10.1. The maximum atomic E-state index is 13.5. The van der Waals surface area contributed by atoms with Crippen molar-refractivity contribution < 1.29 is 23.0 Å². The highest BCUT2D eigenvalue weighted by atomic mass is 19.1. The van der Waals surface area contributed by atoms with E-state index in [2.05, 4.69) is 4.74 Å². The minimum atomic E-state index is -0.717. The Hall–Kier alpha value is -1.65. The van der Waals surface area contributed by atoms with E-state index in [0.717, 1.165) is 12.1 Å². The second kappa shape index (κ2) is 6.18. The lowest BCUT2D eigenvalue weighted by molar-refractivity contribution is -0.143. The summed E-state index contributed by atoms with van der Waals surface area (Å²) in [5, 5.41) is 0. The van der Waals surface area contributed by atoms with Gasteiger partial charge in [-0.25, -0.2) is 8.78 Å². The summed E-state index contributed by atoms with van der Waals surface area (Å²) < 4.78 is 36.3. The van der Waals surface area contributed by atoms with Gasteiger partial charge >= 0.3 is 5.97 Å². The Morgan fingerprint density at radius 1 is 1.29 bits per heavy atom. The summed E-state index contributed by atoms with van der Waals surface area (Å²) in [7, 11) is 1.33. The normalized spacial score (nSPS) is 10.1. The van der Waals surface area contributed by atoms with Gasteiger partial charge in [-0.1, -0.05) is 0 Å². The standard InChI is InChI=1S/C12H14F2O3/c1-3-17-12(15)5-4-9-10(13)6-8(16-2)7-11(9)14/h6-7H,3-5H2,1-2H3. The summed E-state index contributed by atoms with van der Waals surface area (Å²) in [6, 6.07) is 2.17. The lowest BCUT2D eigenvalue weighted by Crippen LogP contribution is -2.07. The molecule has 0 atom stereocenters. The van der Waals surface area contributed by atoms with Crippen LogP contribution in [0.1, 0.15) is 18.9 Å². The van der Waals surface area contributed by atoms with Gasteiger partial charge in [-0.15, -0.1) is 0 Å². The molecule has 0 bridgehead atoms. The van der Waals surface area contributed by atoms with Crippen LogP contribution in [0.5, 0.6) is 5.75 Å². The molecule has 0 aliphatic heterocycles. The van der Waals surface area contributed by atoms with Gasteiger partial charge in [0.05, 0.1) is 13.7 Å². The number of rotatable bonds is 5. The zero-order chi connectivity index (χ0) is 12.8. The third-order valence-electron chi connectivity index (χ3n) is 2.23. The molecule has 0 saturated carbocycles. The maximum Gasteiger partial charge on any atom is 0.306 e. The average Bonchev–Trinajstić information content (AvgIpc) is 2.28. The predicted octanol–water partition coefficient (Wildman–Crippen LogP) is 2.47. The SMILES string of the molecule is CCOC(=O)CCc1c(F)cc(OC)cc1F. The van der Waals surface area contributed by atoms with Gasteiger partial charge in [-0.3, -0.25) is 4.79 Å². The Morgan fingerprint density at radius 2 is 1.88 bits per heavy atom. The van der Waals surface area contributed by atoms with E-state index in [9.17, 15) is 13.6 Å². The van der Waals surface area contributed by atoms with Crippen molar-refractivity contribution in [1.29, 1.82) is 0 Å². The molecule has 0 N–H and O–H groups in total. The van der Waals surface area contributed by atoms with Gasteiger partial charge in [0.15, 0.2) is 0 Å². The highest BCUT2D eigenvalue weighted by Crippen LogP contribution is 2.21. The number of hydrogen-bond acceptors (Lipinski definition) is 3. The second-order valence-electron chi connectivity index (χ2n) is 3.37. The molecule has 0 aliphatic carbocycles. The van der Waals surface area contributed by atoms with Gasteiger partial charge in [-0.2, -0.15) is 0 Å². The van der Waals surface area contributed by atoms with Gasteiger partial charge in [0.25, 0.3) is 0 Å². The van der Waals surface area contributed by atoms with Crippen molar-refractivity contribution in [1.82, 2.24) is 0 Å². The third kappa shape index (κ3) is 3.69. The van der Waals surface area contributed by atoms with Crippen LogP contribution in [0, 0.1) is 11.6 Å². The summed E-state index contributed by atoms with van der Waals surface area (Å²) in [6.45, 7) is 1.93. The van der Waals surface area contributed by atoms with E-state index >= 15 is 0 Å². The zero-order valence-corrected chi connectivity index (χ0v) is 9.76. The first kappa shape index (κ1) is 13.4. The first-order chi connectivity index (χ1) is 8.08. The molecule has 0 unspecified atom stereocenters. The third-order valence-corrected chi connectivity index (χ3v) is 2.23. The predicted molar refractivity (Wildman–Crippen MR) is 57.9 cm³/mol. The molecule has 0 spiro atoms. The zero-order valence-electron chi connectivity index (χ0n) is 9.76. The monoisotopic (exact) mass is 244 g/mol. The van der Waals surface area contributed by atoms with E-state index in [1.807, 2.05) is 0 Å².